The quantitative estimate of drug-likeness (QED) is 0.0902. The molecule has 0 fully saturated rings. The van der Waals surface area contributed by atoms with E-state index in [1.807, 2.05) is 30.5 Å². The number of unbranched alkanes of at least 4 members (excludes halogenated alkanes) is 13. The van der Waals surface area contributed by atoms with Crippen LogP contribution in [0.3, 0.4) is 0 Å². The lowest BCUT2D eigenvalue weighted by molar-refractivity contribution is -0.121. The normalized spacial score (nSPS) is 18.8. The zero-order chi connectivity index (χ0) is 37.7. The molecule has 2 N–H and O–H groups in total. The molecule has 0 saturated carbocycles. The highest BCUT2D eigenvalue weighted by Crippen LogP contribution is 2.55. The predicted molar refractivity (Wildman–Crippen MR) is 210 cm³/mol. The summed E-state index contributed by atoms with van der Waals surface area (Å²) in [5, 5.41) is 15.2. The zero-order valence-electron chi connectivity index (χ0n) is 31.7. The van der Waals surface area contributed by atoms with Crippen molar-refractivity contribution in [3.05, 3.63) is 57.8 Å². The number of hydrogen-bond donors (Lipinski definition) is 2. The molecule has 3 atom stereocenters. The van der Waals surface area contributed by atoms with Gasteiger partial charge in [-0.15, -0.1) is 11.8 Å². The maximum absolute atomic E-state index is 14.3. The molecule has 1 amide bonds. The summed E-state index contributed by atoms with van der Waals surface area (Å²) in [7, 11) is 2.86. The molecule has 4 rings (SSSR count). The maximum atomic E-state index is 14.3. The van der Waals surface area contributed by atoms with Gasteiger partial charge in [-0.2, -0.15) is 0 Å². The van der Waals surface area contributed by atoms with Gasteiger partial charge in [0, 0.05) is 47.8 Å². The Labute approximate surface area is 319 Å². The van der Waals surface area contributed by atoms with Crippen LogP contribution >= 0.6 is 23.4 Å². The van der Waals surface area contributed by atoms with Crippen molar-refractivity contribution < 1.29 is 33.7 Å². The number of Topliss-reactive ketones (excluding diaryl/α,β-unsaturated/α-hetero) is 2. The van der Waals surface area contributed by atoms with Gasteiger partial charge in [0.15, 0.2) is 17.3 Å². The Morgan fingerprint density at radius 1 is 0.942 bits per heavy atom. The van der Waals surface area contributed by atoms with Crippen molar-refractivity contribution in [1.29, 1.82) is 0 Å². The number of benzene rings is 2. The molecule has 8 nitrogen and oxygen atoms in total. The number of fused-ring (bicyclic) bond motifs is 1. The SMILES string of the molecule is CCCCCCCCCCCCCCCCNC(=O)CC(C1=C(O)C2(Oc3c(Cl)c(OC)cc(OC)c3C2=O)C(C)CC1=O)c1ccc(SC)cc1. The molecule has 2 aromatic rings. The van der Waals surface area contributed by atoms with Crippen LogP contribution in [0, 0.1) is 5.92 Å². The van der Waals surface area contributed by atoms with E-state index in [1.54, 1.807) is 18.7 Å². The Bertz CT molecular complexity index is 1560. The van der Waals surface area contributed by atoms with Crippen molar-refractivity contribution in [3.8, 4) is 17.2 Å². The molecule has 52 heavy (non-hydrogen) atoms. The van der Waals surface area contributed by atoms with Crippen LogP contribution in [0.2, 0.25) is 5.02 Å². The zero-order valence-corrected chi connectivity index (χ0v) is 33.3. The van der Waals surface area contributed by atoms with Crippen LogP contribution in [0.15, 0.2) is 46.6 Å². The summed E-state index contributed by atoms with van der Waals surface area (Å²) in [4.78, 5) is 42.7. The summed E-state index contributed by atoms with van der Waals surface area (Å²) < 4.78 is 17.3. The first-order valence-corrected chi connectivity index (χ1v) is 20.8. The molecule has 1 aliphatic carbocycles. The number of nitrogens with one attached hydrogen (secondary N) is 1. The molecule has 2 aliphatic rings. The number of allylic oxidation sites excluding steroid dienone is 1. The molecule has 1 aliphatic heterocycles. The van der Waals surface area contributed by atoms with E-state index in [0.717, 1.165) is 24.2 Å². The van der Waals surface area contributed by atoms with E-state index in [2.05, 4.69) is 12.2 Å². The van der Waals surface area contributed by atoms with E-state index < -0.39 is 29.0 Å². The summed E-state index contributed by atoms with van der Waals surface area (Å²) in [5.74, 6) is -2.70. The minimum Gasteiger partial charge on any atom is -0.507 e. The number of carbonyl (C=O) groups excluding carboxylic acids is 3. The number of halogens is 1. The molecule has 2 aromatic carbocycles. The van der Waals surface area contributed by atoms with Gasteiger partial charge in [0.1, 0.15) is 22.1 Å². The lowest BCUT2D eigenvalue weighted by atomic mass is 9.69. The van der Waals surface area contributed by atoms with E-state index in [-0.39, 0.29) is 57.9 Å². The minimum absolute atomic E-state index is 0.00450. The van der Waals surface area contributed by atoms with Gasteiger partial charge in [0.2, 0.25) is 17.3 Å². The van der Waals surface area contributed by atoms with Crippen LogP contribution in [0.4, 0.5) is 0 Å². The second-order valence-electron chi connectivity index (χ2n) is 14.2. The number of amides is 1. The number of aliphatic hydroxyl groups is 1. The van der Waals surface area contributed by atoms with Crippen molar-refractivity contribution in [2.24, 2.45) is 5.92 Å². The van der Waals surface area contributed by atoms with Gasteiger partial charge in [0.05, 0.1) is 14.2 Å². The Balaban J connectivity index is 1.43. The topological polar surface area (TPSA) is 111 Å². The van der Waals surface area contributed by atoms with Crippen molar-refractivity contribution in [1.82, 2.24) is 5.32 Å². The minimum atomic E-state index is -1.92. The third-order valence-corrected chi connectivity index (χ3v) is 11.7. The lowest BCUT2D eigenvalue weighted by Gasteiger charge is -2.38. The standard InChI is InChI=1S/C42H58ClNO7S/c1-6-7-8-9-10-11-12-13-14-15-16-17-18-19-24-44-35(46)26-31(29-20-22-30(52-5)23-21-29)36-32(45)25-28(2)42(40(36)47)41(48)37-33(49-3)27-34(50-4)38(43)39(37)51-42/h20-23,27-28,31,47H,6-19,24-26H2,1-5H3,(H,44,46). The van der Waals surface area contributed by atoms with Gasteiger partial charge in [-0.3, -0.25) is 14.4 Å². The van der Waals surface area contributed by atoms with Crippen LogP contribution in [-0.2, 0) is 9.59 Å². The summed E-state index contributed by atoms with van der Waals surface area (Å²) >= 11 is 8.20. The number of thioether (sulfide) groups is 1. The van der Waals surface area contributed by atoms with Gasteiger partial charge in [-0.1, -0.05) is 121 Å². The lowest BCUT2D eigenvalue weighted by Crippen LogP contribution is -2.53. The molecule has 0 saturated heterocycles. The molecular formula is C42H58ClNO7S. The molecule has 3 unspecified atom stereocenters. The first-order valence-electron chi connectivity index (χ1n) is 19.2. The molecular weight excluding hydrogens is 698 g/mol. The maximum Gasteiger partial charge on any atom is 0.231 e. The summed E-state index contributed by atoms with van der Waals surface area (Å²) in [6, 6.07) is 9.08. The highest BCUT2D eigenvalue weighted by atomic mass is 35.5. The van der Waals surface area contributed by atoms with Gasteiger partial charge in [-0.25, -0.2) is 0 Å². The molecule has 0 radical (unpaired) electrons. The van der Waals surface area contributed by atoms with E-state index in [4.69, 9.17) is 25.8 Å². The second kappa shape index (κ2) is 20.3. The molecule has 1 heterocycles. The molecule has 286 valence electrons. The number of aliphatic hydroxyl groups excluding tert-OH is 1. The fourth-order valence-electron chi connectivity index (χ4n) is 7.57. The number of carbonyl (C=O) groups is 3. The predicted octanol–water partition coefficient (Wildman–Crippen LogP) is 10.6. The Morgan fingerprint density at radius 3 is 2.04 bits per heavy atom. The Hall–Kier alpha value is -3.17. The molecule has 0 bridgehead atoms. The average Bonchev–Trinajstić information content (AvgIpc) is 3.46. The second-order valence-corrected chi connectivity index (χ2v) is 15.5. The third-order valence-electron chi connectivity index (χ3n) is 10.6. The summed E-state index contributed by atoms with van der Waals surface area (Å²) in [6.45, 7) is 4.48. The fraction of sp³-hybridized carbons (Fsp3) is 0.595. The van der Waals surface area contributed by atoms with Crippen molar-refractivity contribution >= 4 is 40.8 Å². The first-order chi connectivity index (χ1) is 25.1. The van der Waals surface area contributed by atoms with E-state index >= 15 is 0 Å². The van der Waals surface area contributed by atoms with Crippen LogP contribution in [0.25, 0.3) is 0 Å². The van der Waals surface area contributed by atoms with Crippen LogP contribution in [-0.4, -0.2) is 55.2 Å². The highest BCUT2D eigenvalue weighted by molar-refractivity contribution is 7.98. The Morgan fingerprint density at radius 2 is 1.50 bits per heavy atom. The van der Waals surface area contributed by atoms with Crippen molar-refractivity contribution in [2.75, 3.05) is 27.0 Å². The van der Waals surface area contributed by atoms with E-state index in [0.29, 0.717) is 12.1 Å². The third kappa shape index (κ3) is 9.67. The van der Waals surface area contributed by atoms with Crippen LogP contribution in [0.5, 0.6) is 17.2 Å². The van der Waals surface area contributed by atoms with Gasteiger partial charge < -0.3 is 24.6 Å². The smallest absolute Gasteiger partial charge is 0.231 e. The van der Waals surface area contributed by atoms with Gasteiger partial charge in [0.25, 0.3) is 0 Å². The largest absolute Gasteiger partial charge is 0.507 e. The Kier molecular flexibility index (Phi) is 16.3. The van der Waals surface area contributed by atoms with E-state index in [9.17, 15) is 19.5 Å². The number of ether oxygens (including phenoxy) is 3. The van der Waals surface area contributed by atoms with Crippen LogP contribution in [0.1, 0.15) is 138 Å². The van der Waals surface area contributed by atoms with Crippen molar-refractivity contribution in [2.45, 2.75) is 133 Å². The van der Waals surface area contributed by atoms with Crippen LogP contribution < -0.4 is 19.5 Å². The fourth-order valence-corrected chi connectivity index (χ4v) is 8.24. The molecule has 10 heteroatoms. The molecule has 1 spiro atoms. The monoisotopic (exact) mass is 755 g/mol. The molecule has 0 aromatic heterocycles. The summed E-state index contributed by atoms with van der Waals surface area (Å²) in [5.41, 5.74) is -1.15. The first kappa shape index (κ1) is 41.6. The number of rotatable bonds is 22. The van der Waals surface area contributed by atoms with E-state index in [1.165, 1.54) is 90.9 Å². The summed E-state index contributed by atoms with van der Waals surface area (Å²) in [6.07, 6.45) is 19.4. The van der Waals surface area contributed by atoms with Gasteiger partial charge in [-0.05, 0) is 30.4 Å². The number of hydrogen-bond acceptors (Lipinski definition) is 8. The van der Waals surface area contributed by atoms with Crippen molar-refractivity contribution in [3.63, 3.8) is 0 Å². The highest BCUT2D eigenvalue weighted by Gasteiger charge is 2.61. The number of methoxy groups -OCH3 is 2. The average molecular weight is 756 g/mol. The van der Waals surface area contributed by atoms with Gasteiger partial charge >= 0.3 is 0 Å². The number of ketones is 2.